The van der Waals surface area contributed by atoms with E-state index < -0.39 is 0 Å². The molecule has 0 bridgehead atoms. The summed E-state index contributed by atoms with van der Waals surface area (Å²) in [4.78, 5) is 1.93. The van der Waals surface area contributed by atoms with Crippen molar-refractivity contribution in [2.45, 2.75) is 6.92 Å². The molecule has 1 N–H and O–H groups in total. The number of benzene rings is 1. The Morgan fingerprint density at radius 2 is 1.74 bits per heavy atom. The van der Waals surface area contributed by atoms with Crippen LogP contribution in [0, 0.1) is 40.9 Å². The molecule has 5 heteroatoms. The summed E-state index contributed by atoms with van der Waals surface area (Å²) < 4.78 is 0. The van der Waals surface area contributed by atoms with Crippen LogP contribution in [0.2, 0.25) is 0 Å². The lowest BCUT2D eigenvalue weighted by molar-refractivity contribution is 1.13. The lowest BCUT2D eigenvalue weighted by atomic mass is 10.1. The Labute approximate surface area is 112 Å². The third-order valence-corrected chi connectivity index (χ3v) is 2.58. The first-order chi connectivity index (χ1) is 9.03. The van der Waals surface area contributed by atoms with Crippen LogP contribution in [0.1, 0.15) is 5.56 Å². The molecule has 0 spiro atoms. The summed E-state index contributed by atoms with van der Waals surface area (Å²) in [6.07, 6.45) is 0. The maximum Gasteiger partial charge on any atom is 0.163 e. The molecular weight excluding hydrogens is 238 g/mol. The number of nitrogens with zero attached hydrogens (tertiary/aromatic N) is 4. The van der Waals surface area contributed by atoms with Gasteiger partial charge in [0.15, 0.2) is 5.57 Å². The number of anilines is 2. The zero-order chi connectivity index (χ0) is 14.4. The van der Waals surface area contributed by atoms with Gasteiger partial charge in [0.05, 0.1) is 0 Å². The van der Waals surface area contributed by atoms with E-state index in [2.05, 4.69) is 5.32 Å². The zero-order valence-corrected chi connectivity index (χ0v) is 11.0. The third kappa shape index (κ3) is 3.25. The molecule has 0 aromatic heterocycles. The van der Waals surface area contributed by atoms with Crippen LogP contribution in [0.25, 0.3) is 0 Å². The molecule has 0 fully saturated rings. The van der Waals surface area contributed by atoms with Crippen LogP contribution in [-0.2, 0) is 0 Å². The standard InChI is InChI=1S/C14H13N5/c1-10-4-5-12(19(2)3)6-13(10)18-14(9-17)11(7-15)8-16/h4-6,18H,1-3H3. The van der Waals surface area contributed by atoms with Gasteiger partial charge in [0.2, 0.25) is 0 Å². The highest BCUT2D eigenvalue weighted by molar-refractivity contribution is 5.66. The molecule has 0 saturated carbocycles. The molecular formula is C14H13N5. The fourth-order valence-corrected chi connectivity index (χ4v) is 1.44. The van der Waals surface area contributed by atoms with Crippen molar-refractivity contribution in [3.05, 3.63) is 35.0 Å². The summed E-state index contributed by atoms with van der Waals surface area (Å²) in [5.41, 5.74) is 2.32. The van der Waals surface area contributed by atoms with E-state index in [4.69, 9.17) is 15.8 Å². The van der Waals surface area contributed by atoms with E-state index in [1.165, 1.54) is 0 Å². The van der Waals surface area contributed by atoms with Crippen LogP contribution < -0.4 is 10.2 Å². The Balaban J connectivity index is 3.24. The van der Waals surface area contributed by atoms with Crippen LogP contribution in [0.4, 0.5) is 11.4 Å². The Morgan fingerprint density at radius 3 is 2.21 bits per heavy atom. The van der Waals surface area contributed by atoms with Gasteiger partial charge in [0, 0.05) is 25.5 Å². The van der Waals surface area contributed by atoms with E-state index in [9.17, 15) is 0 Å². The van der Waals surface area contributed by atoms with E-state index in [1.54, 1.807) is 12.1 Å². The Kier molecular flexibility index (Phi) is 4.52. The van der Waals surface area contributed by atoms with Crippen LogP contribution in [0.5, 0.6) is 0 Å². The number of rotatable bonds is 3. The minimum Gasteiger partial charge on any atom is -0.378 e. The monoisotopic (exact) mass is 251 g/mol. The number of hydrogen-bond donors (Lipinski definition) is 1. The minimum absolute atomic E-state index is 0.0380. The van der Waals surface area contributed by atoms with Gasteiger partial charge in [-0.3, -0.25) is 0 Å². The van der Waals surface area contributed by atoms with Crippen LogP contribution in [0.3, 0.4) is 0 Å². The van der Waals surface area contributed by atoms with Crippen LogP contribution >= 0.6 is 0 Å². The highest BCUT2D eigenvalue weighted by Gasteiger charge is 2.08. The molecule has 0 aliphatic heterocycles. The smallest absolute Gasteiger partial charge is 0.163 e. The third-order valence-electron chi connectivity index (χ3n) is 2.58. The first kappa shape index (κ1) is 14.1. The summed E-state index contributed by atoms with van der Waals surface area (Å²) in [5.74, 6) is 0. The van der Waals surface area contributed by atoms with E-state index in [1.807, 2.05) is 50.2 Å². The fourth-order valence-electron chi connectivity index (χ4n) is 1.44. The maximum atomic E-state index is 9.01. The molecule has 0 saturated heterocycles. The Hall–Kier alpha value is -2.97. The van der Waals surface area contributed by atoms with Gasteiger partial charge < -0.3 is 10.2 Å². The maximum absolute atomic E-state index is 9.01. The average molecular weight is 251 g/mol. The first-order valence-corrected chi connectivity index (χ1v) is 5.53. The van der Waals surface area contributed by atoms with Gasteiger partial charge in [-0.1, -0.05) is 6.07 Å². The van der Waals surface area contributed by atoms with Gasteiger partial charge in [-0.15, -0.1) is 0 Å². The molecule has 1 rings (SSSR count). The largest absolute Gasteiger partial charge is 0.378 e. The van der Waals surface area contributed by atoms with Crippen molar-refractivity contribution in [2.75, 3.05) is 24.3 Å². The summed E-state index contributed by atoms with van der Waals surface area (Å²) >= 11 is 0. The minimum atomic E-state index is -0.225. The van der Waals surface area contributed by atoms with Crippen molar-refractivity contribution in [3.63, 3.8) is 0 Å². The quantitative estimate of drug-likeness (QED) is 0.833. The molecule has 0 atom stereocenters. The molecule has 1 aromatic carbocycles. The van der Waals surface area contributed by atoms with E-state index in [0.717, 1.165) is 11.3 Å². The second-order valence-electron chi connectivity index (χ2n) is 4.10. The molecule has 0 unspecified atom stereocenters. The molecule has 1 aromatic rings. The summed E-state index contributed by atoms with van der Waals surface area (Å²) in [6.45, 7) is 1.88. The lowest BCUT2D eigenvalue weighted by Gasteiger charge is -2.16. The van der Waals surface area contributed by atoms with E-state index in [-0.39, 0.29) is 11.3 Å². The van der Waals surface area contributed by atoms with Gasteiger partial charge in [0.1, 0.15) is 23.9 Å². The van der Waals surface area contributed by atoms with Crippen molar-refractivity contribution in [3.8, 4) is 18.2 Å². The molecule has 0 aliphatic rings. The van der Waals surface area contributed by atoms with Crippen molar-refractivity contribution in [2.24, 2.45) is 0 Å². The number of nitriles is 3. The molecule has 5 nitrogen and oxygen atoms in total. The molecule has 94 valence electrons. The normalized spacial score (nSPS) is 8.63. The molecule has 0 radical (unpaired) electrons. The van der Waals surface area contributed by atoms with Crippen molar-refractivity contribution >= 4 is 11.4 Å². The molecule has 19 heavy (non-hydrogen) atoms. The Morgan fingerprint density at radius 1 is 1.11 bits per heavy atom. The van der Waals surface area contributed by atoms with Crippen molar-refractivity contribution in [1.29, 1.82) is 15.8 Å². The molecule has 0 aliphatic carbocycles. The van der Waals surface area contributed by atoms with Gasteiger partial charge >= 0.3 is 0 Å². The van der Waals surface area contributed by atoms with E-state index in [0.29, 0.717) is 5.69 Å². The SMILES string of the molecule is Cc1ccc(N(C)C)cc1NC(C#N)=C(C#N)C#N. The topological polar surface area (TPSA) is 86.6 Å². The number of hydrogen-bond acceptors (Lipinski definition) is 5. The zero-order valence-electron chi connectivity index (χ0n) is 11.0. The van der Waals surface area contributed by atoms with Crippen LogP contribution in [0.15, 0.2) is 29.5 Å². The molecule has 0 amide bonds. The summed E-state index contributed by atoms with van der Waals surface area (Å²) in [7, 11) is 3.82. The van der Waals surface area contributed by atoms with Gasteiger partial charge in [0.25, 0.3) is 0 Å². The summed E-state index contributed by atoms with van der Waals surface area (Å²) in [5, 5.41) is 29.4. The number of nitrogens with one attached hydrogen (secondary N) is 1. The van der Waals surface area contributed by atoms with Gasteiger partial charge in [-0.2, -0.15) is 15.8 Å². The lowest BCUT2D eigenvalue weighted by Crippen LogP contribution is -2.10. The molecule has 0 heterocycles. The van der Waals surface area contributed by atoms with Gasteiger partial charge in [-0.25, -0.2) is 0 Å². The fraction of sp³-hybridized carbons (Fsp3) is 0.214. The van der Waals surface area contributed by atoms with E-state index >= 15 is 0 Å². The Bertz CT molecular complexity index is 619. The van der Waals surface area contributed by atoms with Crippen molar-refractivity contribution < 1.29 is 0 Å². The average Bonchev–Trinajstić information content (AvgIpc) is 2.40. The van der Waals surface area contributed by atoms with Crippen molar-refractivity contribution in [1.82, 2.24) is 0 Å². The highest BCUT2D eigenvalue weighted by Crippen LogP contribution is 2.23. The number of aryl methyl sites for hydroxylation is 1. The second kappa shape index (κ2) is 6.10. The van der Waals surface area contributed by atoms with Gasteiger partial charge in [-0.05, 0) is 24.6 Å². The van der Waals surface area contributed by atoms with Crippen LogP contribution in [-0.4, -0.2) is 14.1 Å². The second-order valence-corrected chi connectivity index (χ2v) is 4.10. The predicted molar refractivity (Wildman–Crippen MR) is 73.0 cm³/mol. The predicted octanol–water partition coefficient (Wildman–Crippen LogP) is 2.30. The number of allylic oxidation sites excluding steroid dienone is 2. The highest BCUT2D eigenvalue weighted by atomic mass is 15.1. The summed E-state index contributed by atoms with van der Waals surface area (Å²) in [6, 6.07) is 11.0. The first-order valence-electron chi connectivity index (χ1n) is 5.53.